The van der Waals surface area contributed by atoms with E-state index in [0.717, 1.165) is 39.0 Å². The van der Waals surface area contributed by atoms with Crippen molar-refractivity contribution in [3.8, 4) is 0 Å². The van der Waals surface area contributed by atoms with E-state index in [9.17, 15) is 9.90 Å². The molecule has 0 aromatic carbocycles. The highest BCUT2D eigenvalue weighted by atomic mass is 16.6. The summed E-state index contributed by atoms with van der Waals surface area (Å²) in [5.74, 6) is 0. The normalized spacial score (nSPS) is 27.3. The predicted molar refractivity (Wildman–Crippen MR) is 80.1 cm³/mol. The molecule has 0 aromatic heterocycles. The Labute approximate surface area is 127 Å². The van der Waals surface area contributed by atoms with Crippen molar-refractivity contribution in [3.63, 3.8) is 0 Å². The van der Waals surface area contributed by atoms with Crippen molar-refractivity contribution in [1.82, 2.24) is 9.80 Å². The third-order valence-electron chi connectivity index (χ3n) is 5.06. The first kappa shape index (κ1) is 15.1. The molecule has 2 heterocycles. The smallest absolute Gasteiger partial charge is 0.410 e. The summed E-state index contributed by atoms with van der Waals surface area (Å²) in [4.78, 5) is 16.3. The van der Waals surface area contributed by atoms with Crippen molar-refractivity contribution < 1.29 is 14.6 Å². The molecule has 0 atom stereocenters. The van der Waals surface area contributed by atoms with Crippen LogP contribution in [0.3, 0.4) is 0 Å². The molecule has 1 amide bonds. The minimum absolute atomic E-state index is 0.0957. The lowest BCUT2D eigenvalue weighted by Crippen LogP contribution is -2.68. The molecule has 3 rings (SSSR count). The number of carbonyl (C=O) groups is 1. The molecule has 3 aliphatic rings. The molecule has 5 nitrogen and oxygen atoms in total. The van der Waals surface area contributed by atoms with E-state index in [1.54, 1.807) is 0 Å². The fourth-order valence-electron chi connectivity index (χ4n) is 3.93. The van der Waals surface area contributed by atoms with Gasteiger partial charge in [0.25, 0.3) is 0 Å². The van der Waals surface area contributed by atoms with Crippen LogP contribution < -0.4 is 0 Å². The van der Waals surface area contributed by atoms with E-state index < -0.39 is 5.60 Å². The van der Waals surface area contributed by atoms with Gasteiger partial charge in [0.1, 0.15) is 5.60 Å². The maximum absolute atomic E-state index is 12.0. The zero-order valence-corrected chi connectivity index (χ0v) is 13.5. The van der Waals surface area contributed by atoms with E-state index in [-0.39, 0.29) is 12.2 Å². The number of nitrogens with zero attached hydrogens (tertiary/aromatic N) is 2. The first-order valence-electron chi connectivity index (χ1n) is 8.16. The van der Waals surface area contributed by atoms with Gasteiger partial charge in [-0.1, -0.05) is 0 Å². The summed E-state index contributed by atoms with van der Waals surface area (Å²) in [6.07, 6.45) is 3.95. The average Bonchev–Trinajstić information content (AvgIpc) is 2.25. The summed E-state index contributed by atoms with van der Waals surface area (Å²) >= 11 is 0. The molecule has 2 saturated heterocycles. The van der Waals surface area contributed by atoms with E-state index in [0.29, 0.717) is 11.5 Å². The summed E-state index contributed by atoms with van der Waals surface area (Å²) in [5.41, 5.74) is -0.0474. The molecule has 0 unspecified atom stereocenters. The molecule has 120 valence electrons. The summed E-state index contributed by atoms with van der Waals surface area (Å²) < 4.78 is 5.41. The Kier molecular flexibility index (Phi) is 3.69. The Balaban J connectivity index is 1.41. The molecule has 5 heteroatoms. The van der Waals surface area contributed by atoms with Crippen molar-refractivity contribution in [2.45, 2.75) is 64.2 Å². The number of ether oxygens (including phenoxy) is 1. The summed E-state index contributed by atoms with van der Waals surface area (Å²) in [6.45, 7) is 9.49. The zero-order valence-electron chi connectivity index (χ0n) is 13.5. The van der Waals surface area contributed by atoms with Gasteiger partial charge in [-0.15, -0.1) is 0 Å². The second-order valence-electron chi connectivity index (χ2n) is 8.17. The third-order valence-corrected chi connectivity index (χ3v) is 5.06. The molecule has 21 heavy (non-hydrogen) atoms. The van der Waals surface area contributed by atoms with Crippen molar-refractivity contribution in [2.24, 2.45) is 5.41 Å². The van der Waals surface area contributed by atoms with Gasteiger partial charge in [-0.3, -0.25) is 0 Å². The zero-order chi connectivity index (χ0) is 15.3. The highest BCUT2D eigenvalue weighted by Crippen LogP contribution is 2.50. The van der Waals surface area contributed by atoms with E-state index in [4.69, 9.17) is 4.74 Å². The van der Waals surface area contributed by atoms with E-state index in [1.807, 2.05) is 25.7 Å². The van der Waals surface area contributed by atoms with Crippen molar-refractivity contribution in [3.05, 3.63) is 0 Å². The van der Waals surface area contributed by atoms with E-state index >= 15 is 0 Å². The standard InChI is InChI=1S/C16H28N2O3/c1-15(2,3)21-14(20)18-10-16(11-18)8-12(9-16)17-6-4-13(19)5-7-17/h12-13,19H,4-11H2,1-3H3. The number of hydrogen-bond acceptors (Lipinski definition) is 4. The van der Waals surface area contributed by atoms with Crippen LogP contribution in [0.1, 0.15) is 46.5 Å². The third kappa shape index (κ3) is 3.19. The Hall–Kier alpha value is -0.810. The summed E-state index contributed by atoms with van der Waals surface area (Å²) in [5, 5.41) is 9.56. The Morgan fingerprint density at radius 2 is 1.76 bits per heavy atom. The van der Waals surface area contributed by atoms with Crippen LogP contribution in [-0.4, -0.2) is 64.9 Å². The molecule has 1 aliphatic carbocycles. The van der Waals surface area contributed by atoms with Crippen molar-refractivity contribution in [1.29, 1.82) is 0 Å². The van der Waals surface area contributed by atoms with Crippen molar-refractivity contribution >= 4 is 6.09 Å². The maximum Gasteiger partial charge on any atom is 0.410 e. The van der Waals surface area contributed by atoms with Crippen LogP contribution in [0.4, 0.5) is 4.79 Å². The first-order chi connectivity index (χ1) is 9.76. The number of rotatable bonds is 1. The number of amides is 1. The van der Waals surface area contributed by atoms with Gasteiger partial charge in [-0.05, 0) is 46.5 Å². The molecule has 0 aromatic rings. The van der Waals surface area contributed by atoms with Crippen LogP contribution in [-0.2, 0) is 4.74 Å². The maximum atomic E-state index is 12.0. The predicted octanol–water partition coefficient (Wildman–Crippen LogP) is 1.84. The molecule has 2 aliphatic heterocycles. The second kappa shape index (κ2) is 5.13. The van der Waals surface area contributed by atoms with Gasteiger partial charge in [0, 0.05) is 37.6 Å². The number of carbonyl (C=O) groups excluding carboxylic acids is 1. The van der Waals surface area contributed by atoms with Gasteiger partial charge in [0.05, 0.1) is 6.10 Å². The van der Waals surface area contributed by atoms with Crippen LogP contribution >= 0.6 is 0 Å². The number of likely N-dealkylation sites (tertiary alicyclic amines) is 2. The Bertz CT molecular complexity index is 396. The quantitative estimate of drug-likeness (QED) is 0.802. The SMILES string of the molecule is CC(C)(C)OC(=O)N1CC2(CC(N3CCC(O)CC3)C2)C1. The van der Waals surface area contributed by atoms with Crippen LogP contribution in [0.25, 0.3) is 0 Å². The lowest BCUT2D eigenvalue weighted by atomic mass is 9.60. The Morgan fingerprint density at radius 1 is 1.19 bits per heavy atom. The first-order valence-corrected chi connectivity index (χ1v) is 8.16. The Morgan fingerprint density at radius 3 is 2.29 bits per heavy atom. The second-order valence-corrected chi connectivity index (χ2v) is 8.17. The van der Waals surface area contributed by atoms with Gasteiger partial charge in [-0.25, -0.2) is 4.79 Å². The molecular formula is C16H28N2O3. The lowest BCUT2D eigenvalue weighted by molar-refractivity contribution is -0.114. The summed E-state index contributed by atoms with van der Waals surface area (Å²) in [6, 6.07) is 0.665. The van der Waals surface area contributed by atoms with Gasteiger partial charge in [-0.2, -0.15) is 0 Å². The van der Waals surface area contributed by atoms with E-state index in [2.05, 4.69) is 4.90 Å². The molecule has 1 N–H and O–H groups in total. The van der Waals surface area contributed by atoms with Crippen molar-refractivity contribution in [2.75, 3.05) is 26.2 Å². The van der Waals surface area contributed by atoms with Crippen LogP contribution in [0.15, 0.2) is 0 Å². The van der Waals surface area contributed by atoms with Gasteiger partial charge in [0.15, 0.2) is 0 Å². The van der Waals surface area contributed by atoms with E-state index in [1.165, 1.54) is 12.8 Å². The highest BCUT2D eigenvalue weighted by molar-refractivity contribution is 5.69. The molecular weight excluding hydrogens is 268 g/mol. The average molecular weight is 296 g/mol. The summed E-state index contributed by atoms with van der Waals surface area (Å²) in [7, 11) is 0. The molecule has 1 spiro atoms. The minimum atomic E-state index is -0.406. The number of piperidine rings is 1. The largest absolute Gasteiger partial charge is 0.444 e. The fourth-order valence-corrected chi connectivity index (χ4v) is 3.93. The minimum Gasteiger partial charge on any atom is -0.444 e. The van der Waals surface area contributed by atoms with Crippen LogP contribution in [0.2, 0.25) is 0 Å². The van der Waals surface area contributed by atoms with Crippen LogP contribution in [0.5, 0.6) is 0 Å². The molecule has 0 bridgehead atoms. The topological polar surface area (TPSA) is 53.0 Å². The monoisotopic (exact) mass is 296 g/mol. The molecule has 3 fully saturated rings. The van der Waals surface area contributed by atoms with Crippen LogP contribution in [0, 0.1) is 5.41 Å². The van der Waals surface area contributed by atoms with Gasteiger partial charge >= 0.3 is 6.09 Å². The number of hydrogen-bond donors (Lipinski definition) is 1. The van der Waals surface area contributed by atoms with Gasteiger partial charge < -0.3 is 19.6 Å². The number of aliphatic hydroxyl groups is 1. The van der Waals surface area contributed by atoms with Gasteiger partial charge in [0.2, 0.25) is 0 Å². The number of aliphatic hydroxyl groups excluding tert-OH is 1. The molecule has 0 radical (unpaired) electrons. The fraction of sp³-hybridized carbons (Fsp3) is 0.938. The highest BCUT2D eigenvalue weighted by Gasteiger charge is 2.55. The lowest BCUT2D eigenvalue weighted by Gasteiger charge is -2.61. The molecule has 1 saturated carbocycles.